The van der Waals surface area contributed by atoms with Crippen molar-refractivity contribution in [1.29, 1.82) is 5.26 Å². The molecule has 0 aliphatic carbocycles. The molecule has 0 unspecified atom stereocenters. The number of benzene rings is 1. The van der Waals surface area contributed by atoms with Gasteiger partial charge in [0.25, 0.3) is 5.91 Å². The highest BCUT2D eigenvalue weighted by Gasteiger charge is 2.17. The van der Waals surface area contributed by atoms with Gasteiger partial charge in [-0.05, 0) is 32.9 Å². The van der Waals surface area contributed by atoms with Crippen molar-refractivity contribution < 1.29 is 13.6 Å². The van der Waals surface area contributed by atoms with E-state index >= 15 is 0 Å². The van der Waals surface area contributed by atoms with Crippen molar-refractivity contribution in [2.45, 2.75) is 26.3 Å². The van der Waals surface area contributed by atoms with Gasteiger partial charge in [-0.1, -0.05) is 0 Å². The van der Waals surface area contributed by atoms with Gasteiger partial charge in [-0.2, -0.15) is 5.26 Å². The molecule has 0 aliphatic rings. The second kappa shape index (κ2) is 6.15. The van der Waals surface area contributed by atoms with Crippen molar-refractivity contribution in [2.75, 3.05) is 5.32 Å². The molecule has 0 heterocycles. The number of halogens is 2. The summed E-state index contributed by atoms with van der Waals surface area (Å²) in [6.45, 7) is 5.29. The van der Waals surface area contributed by atoms with Crippen LogP contribution in [-0.4, -0.2) is 11.4 Å². The number of nitrogens with one attached hydrogen (secondary N) is 2. The van der Waals surface area contributed by atoms with Crippen LogP contribution in [0.4, 0.5) is 14.5 Å². The first kappa shape index (κ1) is 15.6. The Kier molecular flexibility index (Phi) is 4.81. The van der Waals surface area contributed by atoms with Crippen molar-refractivity contribution in [3.8, 4) is 6.07 Å². The fraction of sp³-hybridized carbons (Fsp3) is 0.286. The van der Waals surface area contributed by atoms with E-state index in [9.17, 15) is 13.6 Å². The van der Waals surface area contributed by atoms with Crippen LogP contribution in [0.15, 0.2) is 30.0 Å². The molecule has 0 fully saturated rings. The molecule has 1 aromatic carbocycles. The number of nitriles is 1. The van der Waals surface area contributed by atoms with Gasteiger partial charge in [0.2, 0.25) is 0 Å². The van der Waals surface area contributed by atoms with Crippen LogP contribution in [0.25, 0.3) is 0 Å². The van der Waals surface area contributed by atoms with E-state index < -0.39 is 23.1 Å². The summed E-state index contributed by atoms with van der Waals surface area (Å²) in [5.74, 6) is -1.90. The molecular formula is C14H15F2N3O. The average Bonchev–Trinajstić information content (AvgIpc) is 2.32. The van der Waals surface area contributed by atoms with E-state index in [0.29, 0.717) is 0 Å². The number of nitrogens with zero attached hydrogens (tertiary/aromatic N) is 1. The molecule has 2 N–H and O–H groups in total. The van der Waals surface area contributed by atoms with E-state index in [4.69, 9.17) is 5.26 Å². The number of carbonyl (C=O) groups excluding carboxylic acids is 1. The molecule has 0 aromatic heterocycles. The zero-order chi connectivity index (χ0) is 15.3. The maximum absolute atomic E-state index is 13.4. The fourth-order valence-electron chi connectivity index (χ4n) is 1.31. The lowest BCUT2D eigenvalue weighted by Gasteiger charge is -2.20. The number of rotatable bonds is 3. The van der Waals surface area contributed by atoms with Gasteiger partial charge in [-0.15, -0.1) is 0 Å². The summed E-state index contributed by atoms with van der Waals surface area (Å²) in [6.07, 6.45) is 1.04. The Morgan fingerprint density at radius 1 is 1.35 bits per heavy atom. The molecule has 0 saturated carbocycles. The lowest BCUT2D eigenvalue weighted by atomic mass is 10.1. The van der Waals surface area contributed by atoms with Crippen molar-refractivity contribution in [3.05, 3.63) is 41.6 Å². The minimum atomic E-state index is -0.684. The van der Waals surface area contributed by atoms with Gasteiger partial charge in [0.15, 0.2) is 0 Å². The Morgan fingerprint density at radius 3 is 2.55 bits per heavy atom. The van der Waals surface area contributed by atoms with Crippen molar-refractivity contribution in [3.63, 3.8) is 0 Å². The van der Waals surface area contributed by atoms with E-state index in [2.05, 4.69) is 10.6 Å². The summed E-state index contributed by atoms with van der Waals surface area (Å²) >= 11 is 0. The first-order chi connectivity index (χ1) is 9.23. The minimum Gasteiger partial charge on any atom is -0.358 e. The highest BCUT2D eigenvalue weighted by Crippen LogP contribution is 2.15. The summed E-state index contributed by atoms with van der Waals surface area (Å²) in [7, 11) is 0. The third-order valence-electron chi connectivity index (χ3n) is 2.15. The SMILES string of the molecule is CC(C)(C)NC(=O)/C(C#N)=C\Nc1cc(F)ccc1F. The Bertz CT molecular complexity index is 583. The maximum Gasteiger partial charge on any atom is 0.263 e. The summed E-state index contributed by atoms with van der Waals surface area (Å²) in [4.78, 5) is 11.8. The van der Waals surface area contributed by atoms with E-state index in [1.165, 1.54) is 0 Å². The van der Waals surface area contributed by atoms with Crippen LogP contribution in [0.1, 0.15) is 20.8 Å². The van der Waals surface area contributed by atoms with Gasteiger partial charge in [0.05, 0.1) is 5.69 Å². The topological polar surface area (TPSA) is 64.9 Å². The van der Waals surface area contributed by atoms with Crippen LogP contribution in [-0.2, 0) is 4.79 Å². The van der Waals surface area contributed by atoms with Crippen LogP contribution < -0.4 is 10.6 Å². The largest absolute Gasteiger partial charge is 0.358 e. The molecule has 0 spiro atoms. The number of carbonyl (C=O) groups is 1. The molecule has 1 amide bonds. The molecule has 0 aliphatic heterocycles. The van der Waals surface area contributed by atoms with Gasteiger partial charge in [-0.3, -0.25) is 4.79 Å². The normalized spacial score (nSPS) is 11.7. The average molecular weight is 279 g/mol. The van der Waals surface area contributed by atoms with Crippen LogP contribution in [0.2, 0.25) is 0 Å². The molecule has 4 nitrogen and oxygen atoms in total. The first-order valence-corrected chi connectivity index (χ1v) is 5.87. The molecule has 106 valence electrons. The second-order valence-corrected chi connectivity index (χ2v) is 5.14. The number of hydrogen-bond acceptors (Lipinski definition) is 3. The van der Waals surface area contributed by atoms with Gasteiger partial charge < -0.3 is 10.6 Å². The van der Waals surface area contributed by atoms with Gasteiger partial charge in [0, 0.05) is 17.8 Å². The molecule has 1 rings (SSSR count). The number of hydrogen-bond donors (Lipinski definition) is 2. The lowest BCUT2D eigenvalue weighted by molar-refractivity contribution is -0.118. The summed E-state index contributed by atoms with van der Waals surface area (Å²) in [5.41, 5.74) is -0.887. The zero-order valence-corrected chi connectivity index (χ0v) is 11.4. The van der Waals surface area contributed by atoms with E-state index in [1.54, 1.807) is 26.8 Å². The van der Waals surface area contributed by atoms with Gasteiger partial charge in [-0.25, -0.2) is 8.78 Å². The van der Waals surface area contributed by atoms with E-state index in [-0.39, 0.29) is 11.3 Å². The summed E-state index contributed by atoms with van der Waals surface area (Å²) in [6, 6.07) is 4.56. The Hall–Kier alpha value is -2.42. The Balaban J connectivity index is 2.89. The predicted molar refractivity (Wildman–Crippen MR) is 71.6 cm³/mol. The first-order valence-electron chi connectivity index (χ1n) is 5.87. The highest BCUT2D eigenvalue weighted by molar-refractivity contribution is 5.97. The van der Waals surface area contributed by atoms with E-state index in [1.807, 2.05) is 0 Å². The minimum absolute atomic E-state index is 0.152. The van der Waals surface area contributed by atoms with Crippen molar-refractivity contribution in [1.82, 2.24) is 5.32 Å². The quantitative estimate of drug-likeness (QED) is 0.660. The molecule has 6 heteroatoms. The maximum atomic E-state index is 13.4. The molecule has 1 aromatic rings. The Morgan fingerprint density at radius 2 is 2.00 bits per heavy atom. The monoisotopic (exact) mass is 279 g/mol. The smallest absolute Gasteiger partial charge is 0.263 e. The van der Waals surface area contributed by atoms with Crippen molar-refractivity contribution in [2.24, 2.45) is 0 Å². The Labute approximate surface area is 116 Å². The standard InChI is InChI=1S/C14H15F2N3O/c1-14(2,3)19-13(20)9(7-17)8-18-12-6-10(15)4-5-11(12)16/h4-6,8,18H,1-3H3,(H,19,20)/b9-8-. The highest BCUT2D eigenvalue weighted by atomic mass is 19.1. The predicted octanol–water partition coefficient (Wildman–Crippen LogP) is 2.70. The van der Waals surface area contributed by atoms with Gasteiger partial charge in [0.1, 0.15) is 23.3 Å². The van der Waals surface area contributed by atoms with Crippen LogP contribution in [0.5, 0.6) is 0 Å². The summed E-state index contributed by atoms with van der Waals surface area (Å²) in [5, 5.41) is 13.9. The van der Waals surface area contributed by atoms with Crippen LogP contribution >= 0.6 is 0 Å². The second-order valence-electron chi connectivity index (χ2n) is 5.14. The zero-order valence-electron chi connectivity index (χ0n) is 11.4. The summed E-state index contributed by atoms with van der Waals surface area (Å²) < 4.78 is 26.3. The molecule has 20 heavy (non-hydrogen) atoms. The number of anilines is 1. The molecule has 0 radical (unpaired) electrons. The molecule has 0 atom stereocenters. The number of amides is 1. The third-order valence-corrected chi connectivity index (χ3v) is 2.15. The van der Waals surface area contributed by atoms with Crippen molar-refractivity contribution >= 4 is 11.6 Å². The molecular weight excluding hydrogens is 264 g/mol. The molecule has 0 saturated heterocycles. The third kappa shape index (κ3) is 4.69. The van der Waals surface area contributed by atoms with Gasteiger partial charge >= 0.3 is 0 Å². The van der Waals surface area contributed by atoms with Crippen LogP contribution in [0, 0.1) is 23.0 Å². The fourth-order valence-corrected chi connectivity index (χ4v) is 1.31. The lowest BCUT2D eigenvalue weighted by Crippen LogP contribution is -2.41. The van der Waals surface area contributed by atoms with E-state index in [0.717, 1.165) is 24.4 Å². The molecule has 0 bridgehead atoms. The van der Waals surface area contributed by atoms with Crippen LogP contribution in [0.3, 0.4) is 0 Å².